The summed E-state index contributed by atoms with van der Waals surface area (Å²) in [5.74, 6) is 5.67. The number of hydrogen-bond acceptors (Lipinski definition) is 5. The number of para-hydroxylation sites is 1. The van der Waals surface area contributed by atoms with E-state index in [1.165, 1.54) is 0 Å². The minimum Gasteiger partial charge on any atom is -0.271 e. The van der Waals surface area contributed by atoms with Gasteiger partial charge in [-0.05, 0) is 24.6 Å². The van der Waals surface area contributed by atoms with Gasteiger partial charge >= 0.3 is 0 Å². The van der Waals surface area contributed by atoms with Crippen LogP contribution in [-0.2, 0) is 0 Å². The van der Waals surface area contributed by atoms with Crippen LogP contribution >= 0.6 is 0 Å². The highest BCUT2D eigenvalue weighted by molar-refractivity contribution is 5.78. The first kappa shape index (κ1) is 12.7. The van der Waals surface area contributed by atoms with Crippen LogP contribution in [0, 0.1) is 6.92 Å². The number of aromatic nitrogens is 3. The van der Waals surface area contributed by atoms with E-state index >= 15 is 0 Å². The van der Waals surface area contributed by atoms with Crippen LogP contribution < -0.4 is 11.3 Å². The SMILES string of the molecule is Cc1cnc(C(NN)c2cnc3ccccc3c2)cn1. The van der Waals surface area contributed by atoms with E-state index in [2.05, 4.69) is 26.4 Å². The first-order chi connectivity index (χ1) is 9.78. The molecule has 1 aromatic carbocycles. The molecule has 0 aliphatic rings. The molecule has 3 aromatic rings. The Bertz CT molecular complexity index is 724. The fourth-order valence-corrected chi connectivity index (χ4v) is 2.15. The highest BCUT2D eigenvalue weighted by Crippen LogP contribution is 2.21. The number of nitrogens with zero attached hydrogens (tertiary/aromatic N) is 3. The number of rotatable bonds is 3. The molecule has 0 bridgehead atoms. The van der Waals surface area contributed by atoms with Crippen LogP contribution in [0.3, 0.4) is 0 Å². The number of nitrogens with one attached hydrogen (secondary N) is 1. The Balaban J connectivity index is 2.04. The quantitative estimate of drug-likeness (QED) is 0.558. The lowest BCUT2D eigenvalue weighted by molar-refractivity contribution is 0.616. The van der Waals surface area contributed by atoms with Crippen molar-refractivity contribution in [3.05, 3.63) is 65.9 Å². The molecule has 2 heterocycles. The standard InChI is InChI=1S/C15H15N5/c1-10-7-18-14(9-17-10)15(20-16)12-6-11-4-2-3-5-13(11)19-8-12/h2-9,15,20H,16H2,1H3. The minimum atomic E-state index is -0.222. The number of benzene rings is 1. The summed E-state index contributed by atoms with van der Waals surface area (Å²) in [6.45, 7) is 1.90. The molecule has 0 saturated heterocycles. The topological polar surface area (TPSA) is 76.7 Å². The maximum Gasteiger partial charge on any atom is 0.0912 e. The molecule has 0 saturated carbocycles. The fourth-order valence-electron chi connectivity index (χ4n) is 2.15. The zero-order chi connectivity index (χ0) is 13.9. The van der Waals surface area contributed by atoms with E-state index in [1.807, 2.05) is 37.4 Å². The van der Waals surface area contributed by atoms with Crippen LogP contribution in [-0.4, -0.2) is 15.0 Å². The van der Waals surface area contributed by atoms with Gasteiger partial charge in [-0.15, -0.1) is 0 Å². The largest absolute Gasteiger partial charge is 0.271 e. The molecule has 20 heavy (non-hydrogen) atoms. The number of pyridine rings is 1. The fraction of sp³-hybridized carbons (Fsp3) is 0.133. The summed E-state index contributed by atoms with van der Waals surface area (Å²) in [6.07, 6.45) is 5.28. The Morgan fingerprint density at radius 1 is 1.05 bits per heavy atom. The molecule has 0 radical (unpaired) electrons. The van der Waals surface area contributed by atoms with Gasteiger partial charge in [-0.25, -0.2) is 5.43 Å². The summed E-state index contributed by atoms with van der Waals surface area (Å²) in [6, 6.07) is 9.81. The third-order valence-corrected chi connectivity index (χ3v) is 3.21. The Kier molecular flexibility index (Phi) is 3.37. The number of hydrogen-bond donors (Lipinski definition) is 2. The Hall–Kier alpha value is -2.37. The van der Waals surface area contributed by atoms with Crippen LogP contribution in [0.4, 0.5) is 0 Å². The number of aryl methyl sites for hydroxylation is 1. The lowest BCUT2D eigenvalue weighted by Gasteiger charge is -2.15. The third kappa shape index (κ3) is 2.36. The van der Waals surface area contributed by atoms with Crippen LogP contribution in [0.1, 0.15) is 23.0 Å². The Labute approximate surface area is 116 Å². The smallest absolute Gasteiger partial charge is 0.0912 e. The van der Waals surface area contributed by atoms with Gasteiger partial charge in [0.2, 0.25) is 0 Å². The molecule has 3 N–H and O–H groups in total. The van der Waals surface area contributed by atoms with E-state index in [0.717, 1.165) is 27.9 Å². The van der Waals surface area contributed by atoms with Crippen molar-refractivity contribution >= 4 is 10.9 Å². The van der Waals surface area contributed by atoms with Crippen molar-refractivity contribution in [1.82, 2.24) is 20.4 Å². The molecule has 0 fully saturated rings. The highest BCUT2D eigenvalue weighted by Gasteiger charge is 2.15. The first-order valence-electron chi connectivity index (χ1n) is 6.37. The molecule has 5 heteroatoms. The summed E-state index contributed by atoms with van der Waals surface area (Å²) in [4.78, 5) is 13.1. The average molecular weight is 265 g/mol. The molecule has 0 spiro atoms. The molecular weight excluding hydrogens is 250 g/mol. The Morgan fingerprint density at radius 2 is 1.90 bits per heavy atom. The van der Waals surface area contributed by atoms with Gasteiger partial charge in [0, 0.05) is 17.8 Å². The normalized spacial score (nSPS) is 12.5. The third-order valence-electron chi connectivity index (χ3n) is 3.21. The minimum absolute atomic E-state index is 0.222. The molecule has 1 unspecified atom stereocenters. The molecule has 2 aromatic heterocycles. The highest BCUT2D eigenvalue weighted by atomic mass is 15.2. The molecule has 3 rings (SSSR count). The lowest BCUT2D eigenvalue weighted by Crippen LogP contribution is -2.29. The van der Waals surface area contributed by atoms with Gasteiger partial charge in [-0.3, -0.25) is 20.8 Å². The summed E-state index contributed by atoms with van der Waals surface area (Å²) >= 11 is 0. The van der Waals surface area contributed by atoms with Gasteiger partial charge in [0.1, 0.15) is 0 Å². The van der Waals surface area contributed by atoms with E-state index in [1.54, 1.807) is 12.4 Å². The van der Waals surface area contributed by atoms with Crippen LogP contribution in [0.25, 0.3) is 10.9 Å². The van der Waals surface area contributed by atoms with Gasteiger partial charge in [0.15, 0.2) is 0 Å². The summed E-state index contributed by atoms with van der Waals surface area (Å²) in [7, 11) is 0. The molecule has 0 aliphatic carbocycles. The van der Waals surface area contributed by atoms with Crippen molar-refractivity contribution in [2.24, 2.45) is 5.84 Å². The molecule has 1 atom stereocenters. The Morgan fingerprint density at radius 3 is 2.65 bits per heavy atom. The van der Waals surface area contributed by atoms with Gasteiger partial charge in [0.05, 0.1) is 29.1 Å². The summed E-state index contributed by atoms with van der Waals surface area (Å²) in [5.41, 5.74) is 6.35. The second-order valence-electron chi connectivity index (χ2n) is 4.64. The van der Waals surface area contributed by atoms with E-state index in [0.29, 0.717) is 0 Å². The van der Waals surface area contributed by atoms with E-state index in [9.17, 15) is 0 Å². The van der Waals surface area contributed by atoms with Crippen molar-refractivity contribution in [2.75, 3.05) is 0 Å². The van der Waals surface area contributed by atoms with Crippen molar-refractivity contribution < 1.29 is 0 Å². The molecular formula is C15H15N5. The maximum atomic E-state index is 5.67. The summed E-state index contributed by atoms with van der Waals surface area (Å²) < 4.78 is 0. The zero-order valence-electron chi connectivity index (χ0n) is 11.1. The van der Waals surface area contributed by atoms with Crippen molar-refractivity contribution in [3.8, 4) is 0 Å². The second kappa shape index (κ2) is 5.32. The number of nitrogens with two attached hydrogens (primary N) is 1. The lowest BCUT2D eigenvalue weighted by atomic mass is 10.0. The van der Waals surface area contributed by atoms with Gasteiger partial charge in [0.25, 0.3) is 0 Å². The predicted octanol–water partition coefficient (Wildman–Crippen LogP) is 1.89. The van der Waals surface area contributed by atoms with Gasteiger partial charge in [-0.2, -0.15) is 0 Å². The molecule has 100 valence electrons. The van der Waals surface area contributed by atoms with Crippen LogP contribution in [0.2, 0.25) is 0 Å². The zero-order valence-corrected chi connectivity index (χ0v) is 11.1. The van der Waals surface area contributed by atoms with Gasteiger partial charge in [-0.1, -0.05) is 18.2 Å². The predicted molar refractivity (Wildman–Crippen MR) is 77.7 cm³/mol. The van der Waals surface area contributed by atoms with E-state index < -0.39 is 0 Å². The number of fused-ring (bicyclic) bond motifs is 1. The average Bonchev–Trinajstić information content (AvgIpc) is 2.50. The van der Waals surface area contributed by atoms with Crippen LogP contribution in [0.15, 0.2) is 48.9 Å². The molecule has 0 aliphatic heterocycles. The monoisotopic (exact) mass is 265 g/mol. The van der Waals surface area contributed by atoms with Crippen molar-refractivity contribution in [2.45, 2.75) is 13.0 Å². The van der Waals surface area contributed by atoms with Gasteiger partial charge < -0.3 is 0 Å². The van der Waals surface area contributed by atoms with E-state index in [4.69, 9.17) is 5.84 Å². The van der Waals surface area contributed by atoms with Crippen molar-refractivity contribution in [3.63, 3.8) is 0 Å². The van der Waals surface area contributed by atoms with Crippen molar-refractivity contribution in [1.29, 1.82) is 0 Å². The first-order valence-corrected chi connectivity index (χ1v) is 6.37. The number of hydrazine groups is 1. The van der Waals surface area contributed by atoms with E-state index in [-0.39, 0.29) is 6.04 Å². The maximum absolute atomic E-state index is 5.67. The molecule has 5 nitrogen and oxygen atoms in total. The summed E-state index contributed by atoms with van der Waals surface area (Å²) in [5, 5.41) is 1.07. The molecule has 0 amide bonds. The second-order valence-corrected chi connectivity index (χ2v) is 4.64. The van der Waals surface area contributed by atoms with Crippen LogP contribution in [0.5, 0.6) is 0 Å².